The van der Waals surface area contributed by atoms with Gasteiger partial charge in [0.1, 0.15) is 5.82 Å². The molecule has 9 heteroatoms. The SMILES string of the molecule is CCOC(=O)N(CCN(CC)CC)C(=O)c1c(C)[nH]c(C=C2C(=O)Nc3ccc(F)cc32)c1C. The Labute approximate surface area is 198 Å². The zero-order valence-electron chi connectivity index (χ0n) is 20.3. The number of hydrogen-bond donors (Lipinski definition) is 2. The predicted molar refractivity (Wildman–Crippen MR) is 129 cm³/mol. The van der Waals surface area contributed by atoms with Crippen LogP contribution in [0.2, 0.25) is 0 Å². The molecule has 1 aliphatic heterocycles. The molecule has 0 radical (unpaired) electrons. The normalized spacial score (nSPS) is 13.9. The van der Waals surface area contributed by atoms with Crippen LogP contribution >= 0.6 is 0 Å². The number of likely N-dealkylation sites (N-methyl/N-ethyl adjacent to an activating group) is 1. The number of ether oxygens (including phenoxy) is 1. The molecule has 2 N–H and O–H groups in total. The summed E-state index contributed by atoms with van der Waals surface area (Å²) >= 11 is 0. The number of benzene rings is 1. The van der Waals surface area contributed by atoms with E-state index in [4.69, 9.17) is 4.74 Å². The van der Waals surface area contributed by atoms with Crippen LogP contribution in [0.3, 0.4) is 0 Å². The van der Waals surface area contributed by atoms with E-state index in [0.717, 1.165) is 18.0 Å². The minimum Gasteiger partial charge on any atom is -0.449 e. The van der Waals surface area contributed by atoms with E-state index in [0.29, 0.717) is 45.9 Å². The van der Waals surface area contributed by atoms with Crippen LogP contribution in [0.25, 0.3) is 11.6 Å². The number of carbonyl (C=O) groups is 3. The highest BCUT2D eigenvalue weighted by molar-refractivity contribution is 6.35. The molecule has 0 saturated heterocycles. The highest BCUT2D eigenvalue weighted by Crippen LogP contribution is 2.34. The van der Waals surface area contributed by atoms with Gasteiger partial charge in [0, 0.05) is 35.7 Å². The molecule has 3 rings (SSSR count). The van der Waals surface area contributed by atoms with Crippen LogP contribution in [-0.4, -0.2) is 65.5 Å². The third-order valence-electron chi connectivity index (χ3n) is 6.01. The molecular formula is C25H31FN4O4. The lowest BCUT2D eigenvalue weighted by molar-refractivity contribution is -0.110. The number of fused-ring (bicyclic) bond motifs is 1. The van der Waals surface area contributed by atoms with Gasteiger partial charge in [0.05, 0.1) is 17.7 Å². The molecule has 0 atom stereocenters. The van der Waals surface area contributed by atoms with Gasteiger partial charge in [0.2, 0.25) is 0 Å². The van der Waals surface area contributed by atoms with E-state index >= 15 is 0 Å². The summed E-state index contributed by atoms with van der Waals surface area (Å²) < 4.78 is 18.9. The molecular weight excluding hydrogens is 439 g/mol. The van der Waals surface area contributed by atoms with Crippen LogP contribution in [0.5, 0.6) is 0 Å². The van der Waals surface area contributed by atoms with Gasteiger partial charge in [-0.3, -0.25) is 9.59 Å². The highest BCUT2D eigenvalue weighted by atomic mass is 19.1. The summed E-state index contributed by atoms with van der Waals surface area (Å²) in [7, 11) is 0. The average molecular weight is 471 g/mol. The molecule has 0 saturated carbocycles. The quantitative estimate of drug-likeness (QED) is 0.564. The Morgan fingerprint density at radius 3 is 2.47 bits per heavy atom. The second-order valence-electron chi connectivity index (χ2n) is 8.05. The maximum Gasteiger partial charge on any atom is 0.416 e. The minimum absolute atomic E-state index is 0.154. The average Bonchev–Trinajstić information content (AvgIpc) is 3.26. The van der Waals surface area contributed by atoms with E-state index in [1.165, 1.54) is 18.2 Å². The molecule has 0 spiro atoms. The Hall–Kier alpha value is -3.46. The number of amides is 3. The fourth-order valence-corrected chi connectivity index (χ4v) is 4.08. The number of aromatic nitrogens is 1. The largest absolute Gasteiger partial charge is 0.449 e. The monoisotopic (exact) mass is 470 g/mol. The molecule has 1 aromatic carbocycles. The van der Waals surface area contributed by atoms with E-state index < -0.39 is 17.8 Å². The molecule has 0 fully saturated rings. The van der Waals surface area contributed by atoms with Gasteiger partial charge < -0.3 is 19.9 Å². The first kappa shape index (κ1) is 25.2. The summed E-state index contributed by atoms with van der Waals surface area (Å²) in [6.45, 7) is 11.7. The topological polar surface area (TPSA) is 94.7 Å². The maximum absolute atomic E-state index is 13.8. The summed E-state index contributed by atoms with van der Waals surface area (Å²) in [5.41, 5.74) is 3.31. The molecule has 1 aliphatic rings. The van der Waals surface area contributed by atoms with E-state index in [9.17, 15) is 18.8 Å². The number of anilines is 1. The number of hydrogen-bond acceptors (Lipinski definition) is 5. The van der Waals surface area contributed by atoms with Crippen molar-refractivity contribution in [3.8, 4) is 0 Å². The second kappa shape index (κ2) is 10.6. The lowest BCUT2D eigenvalue weighted by Crippen LogP contribution is -2.43. The number of rotatable bonds is 8. The summed E-state index contributed by atoms with van der Waals surface area (Å²) in [5.74, 6) is -1.27. The number of H-pyrrole nitrogens is 1. The van der Waals surface area contributed by atoms with E-state index in [1.54, 1.807) is 26.8 Å². The molecule has 3 amide bonds. The zero-order valence-corrected chi connectivity index (χ0v) is 20.3. The van der Waals surface area contributed by atoms with Crippen LogP contribution in [0.15, 0.2) is 18.2 Å². The summed E-state index contributed by atoms with van der Waals surface area (Å²) in [6.07, 6.45) is 0.906. The number of imide groups is 1. The van der Waals surface area contributed by atoms with Gasteiger partial charge in [-0.05, 0) is 63.7 Å². The lowest BCUT2D eigenvalue weighted by Gasteiger charge is -2.24. The van der Waals surface area contributed by atoms with Gasteiger partial charge in [-0.25, -0.2) is 14.1 Å². The van der Waals surface area contributed by atoms with Crippen molar-refractivity contribution in [3.63, 3.8) is 0 Å². The van der Waals surface area contributed by atoms with Gasteiger partial charge >= 0.3 is 6.09 Å². The fraction of sp³-hybridized carbons (Fsp3) is 0.400. The van der Waals surface area contributed by atoms with Crippen molar-refractivity contribution in [2.75, 3.05) is 38.1 Å². The standard InChI is InChI=1S/C25H31FN4O4/c1-6-29(7-2)11-12-30(25(33)34-8-3)24(32)22-15(4)21(27-16(22)5)14-19-18-13-17(26)9-10-20(18)28-23(19)31/h9-10,13-14,27H,6-8,11-12H2,1-5H3,(H,28,31). The maximum atomic E-state index is 13.8. The molecule has 0 unspecified atom stereocenters. The van der Waals surface area contributed by atoms with E-state index in [-0.39, 0.29) is 19.1 Å². The summed E-state index contributed by atoms with van der Waals surface area (Å²) in [6, 6.07) is 4.09. The Morgan fingerprint density at radius 1 is 1.12 bits per heavy atom. The van der Waals surface area contributed by atoms with Crippen molar-refractivity contribution >= 4 is 35.2 Å². The number of carbonyl (C=O) groups excluding carboxylic acids is 3. The van der Waals surface area contributed by atoms with E-state index in [1.807, 2.05) is 13.8 Å². The smallest absolute Gasteiger partial charge is 0.416 e. The van der Waals surface area contributed by atoms with Crippen molar-refractivity contribution in [2.45, 2.75) is 34.6 Å². The fourth-order valence-electron chi connectivity index (χ4n) is 4.08. The Morgan fingerprint density at radius 2 is 1.82 bits per heavy atom. The van der Waals surface area contributed by atoms with Gasteiger partial charge in [-0.15, -0.1) is 0 Å². The summed E-state index contributed by atoms with van der Waals surface area (Å²) in [4.78, 5) is 45.0. The Bertz CT molecular complexity index is 1130. The first-order valence-corrected chi connectivity index (χ1v) is 11.4. The molecule has 2 heterocycles. The molecule has 2 aromatic rings. The van der Waals surface area contributed by atoms with Crippen LogP contribution in [0.1, 0.15) is 53.6 Å². The predicted octanol–water partition coefficient (Wildman–Crippen LogP) is 4.20. The Balaban J connectivity index is 1.96. The number of aryl methyl sites for hydroxylation is 1. The van der Waals surface area contributed by atoms with Crippen LogP contribution < -0.4 is 5.32 Å². The Kier molecular flexibility index (Phi) is 7.88. The molecule has 8 nitrogen and oxygen atoms in total. The van der Waals surface area contributed by atoms with Crippen molar-refractivity contribution in [1.82, 2.24) is 14.8 Å². The van der Waals surface area contributed by atoms with Gasteiger partial charge in [-0.2, -0.15) is 0 Å². The lowest BCUT2D eigenvalue weighted by atomic mass is 10.0. The van der Waals surface area contributed by atoms with Gasteiger partial charge in [0.15, 0.2) is 0 Å². The number of nitrogens with one attached hydrogen (secondary N) is 2. The third-order valence-corrected chi connectivity index (χ3v) is 6.01. The molecule has 34 heavy (non-hydrogen) atoms. The molecule has 182 valence electrons. The van der Waals surface area contributed by atoms with Crippen molar-refractivity contribution in [2.24, 2.45) is 0 Å². The van der Waals surface area contributed by atoms with Crippen LogP contribution in [0.4, 0.5) is 14.9 Å². The molecule has 0 aliphatic carbocycles. The van der Waals surface area contributed by atoms with Crippen LogP contribution in [-0.2, 0) is 9.53 Å². The van der Waals surface area contributed by atoms with Crippen molar-refractivity contribution in [1.29, 1.82) is 0 Å². The van der Waals surface area contributed by atoms with Crippen molar-refractivity contribution < 1.29 is 23.5 Å². The third kappa shape index (κ3) is 5.04. The number of halogens is 1. The highest BCUT2D eigenvalue weighted by Gasteiger charge is 2.30. The first-order valence-electron chi connectivity index (χ1n) is 11.4. The van der Waals surface area contributed by atoms with Crippen molar-refractivity contribution in [3.05, 3.63) is 52.1 Å². The molecule has 1 aromatic heterocycles. The van der Waals surface area contributed by atoms with E-state index in [2.05, 4.69) is 15.2 Å². The number of nitrogens with zero attached hydrogens (tertiary/aromatic N) is 2. The molecule has 0 bridgehead atoms. The zero-order chi connectivity index (χ0) is 25.0. The second-order valence-corrected chi connectivity index (χ2v) is 8.05. The number of aromatic amines is 1. The first-order chi connectivity index (χ1) is 16.2. The summed E-state index contributed by atoms with van der Waals surface area (Å²) in [5, 5.41) is 2.72. The van der Waals surface area contributed by atoms with Gasteiger partial charge in [0.25, 0.3) is 11.8 Å². The van der Waals surface area contributed by atoms with Gasteiger partial charge in [-0.1, -0.05) is 13.8 Å². The van der Waals surface area contributed by atoms with Crippen LogP contribution in [0, 0.1) is 19.7 Å². The minimum atomic E-state index is -0.695.